The molecule has 4 aliphatic rings. The van der Waals surface area contributed by atoms with Crippen LogP contribution in [0.4, 0.5) is 0 Å². The zero-order valence-electron chi connectivity index (χ0n) is 22.8. The van der Waals surface area contributed by atoms with Gasteiger partial charge in [0.1, 0.15) is 0 Å². The highest BCUT2D eigenvalue weighted by Crippen LogP contribution is 2.41. The molecule has 4 fully saturated rings. The molecule has 0 amide bonds. The lowest BCUT2D eigenvalue weighted by molar-refractivity contribution is -0.147. The van der Waals surface area contributed by atoms with E-state index in [4.69, 9.17) is 11.6 Å². The average molecular weight is 594 g/mol. The summed E-state index contributed by atoms with van der Waals surface area (Å²) in [7, 11) is 0. The van der Waals surface area contributed by atoms with E-state index in [0.717, 1.165) is 25.7 Å². The third-order valence-corrected chi connectivity index (χ3v) is 10.0. The molecule has 4 rings (SSSR count). The maximum Gasteiger partial charge on any atom is 0.307 e. The Hall–Kier alpha value is -0.650. The highest BCUT2D eigenvalue weighted by atomic mass is 35.5. The number of carboxylic acids is 1. The van der Waals surface area contributed by atoms with Gasteiger partial charge in [0.15, 0.2) is 0 Å². The van der Waals surface area contributed by atoms with Crippen molar-refractivity contribution in [2.75, 3.05) is 0 Å². The van der Waals surface area contributed by atoms with E-state index < -0.39 is 16.5 Å². The molecule has 0 aromatic rings. The van der Waals surface area contributed by atoms with Gasteiger partial charge in [-0.2, -0.15) is 0 Å². The van der Waals surface area contributed by atoms with Crippen molar-refractivity contribution in [2.24, 2.45) is 35.5 Å². The Morgan fingerprint density at radius 2 is 0.684 bits per heavy atom. The molecule has 0 heterocycles. The highest BCUT2D eigenvalue weighted by molar-refractivity contribution is 6.97. The maximum atomic E-state index is 11.7. The molecule has 5 nitrogen and oxygen atoms in total. The van der Waals surface area contributed by atoms with Crippen LogP contribution in [0.25, 0.3) is 0 Å². The number of aliphatic carboxylic acids is 1. The van der Waals surface area contributed by atoms with E-state index in [1.165, 1.54) is 103 Å². The topological polar surface area (TPSA) is 88.5 Å². The van der Waals surface area contributed by atoms with Crippen LogP contribution in [0.15, 0.2) is 0 Å². The largest absolute Gasteiger partial charge is 0.481 e. The van der Waals surface area contributed by atoms with Gasteiger partial charge in [0.2, 0.25) is 5.24 Å². The van der Waals surface area contributed by atoms with E-state index in [9.17, 15) is 24.3 Å². The third kappa shape index (κ3) is 11.8. The Bertz CT molecular complexity index is 636. The van der Waals surface area contributed by atoms with Crippen LogP contribution in [-0.4, -0.2) is 26.8 Å². The quantitative estimate of drug-likeness (QED) is 0.235. The molecule has 4 saturated carbocycles. The minimum Gasteiger partial charge on any atom is -0.481 e. The summed E-state index contributed by atoms with van der Waals surface area (Å²) in [6.07, 6.45) is 25.1. The van der Waals surface area contributed by atoms with Crippen molar-refractivity contribution in [3.05, 3.63) is 0 Å². The van der Waals surface area contributed by atoms with Crippen molar-refractivity contribution in [3.8, 4) is 0 Å². The first-order valence-corrected chi connectivity index (χ1v) is 16.2. The maximum absolute atomic E-state index is 11.7. The fraction of sp³-hybridized carbons (Fsp3) is 0.867. The summed E-state index contributed by atoms with van der Waals surface area (Å²) in [6.45, 7) is 0. The Kier molecular flexibility index (Phi) is 16.5. The van der Waals surface area contributed by atoms with Gasteiger partial charge in [-0.25, -0.2) is 0 Å². The second-order valence-electron chi connectivity index (χ2n) is 11.8. The predicted octanol–water partition coefficient (Wildman–Crippen LogP) is 8.89. The molecule has 0 aliphatic heterocycles. The zero-order valence-corrected chi connectivity index (χ0v) is 25.1. The van der Waals surface area contributed by atoms with Crippen LogP contribution in [0, 0.1) is 35.5 Å². The van der Waals surface area contributed by atoms with Crippen molar-refractivity contribution in [3.63, 3.8) is 0 Å². The fourth-order valence-electron chi connectivity index (χ4n) is 7.52. The Morgan fingerprint density at radius 1 is 0.447 bits per heavy atom. The van der Waals surface area contributed by atoms with Crippen molar-refractivity contribution in [2.45, 2.75) is 128 Å². The summed E-state index contributed by atoms with van der Waals surface area (Å²) in [6, 6.07) is 0. The number of carboxylic acid groups (broad SMARTS) is 1. The van der Waals surface area contributed by atoms with Crippen LogP contribution >= 0.6 is 34.8 Å². The number of carbonyl (C=O) groups excluding carboxylic acids is 3. The lowest BCUT2D eigenvalue weighted by atomic mass is 9.70. The van der Waals surface area contributed by atoms with E-state index in [-0.39, 0.29) is 17.1 Å². The molecule has 218 valence electrons. The van der Waals surface area contributed by atoms with Gasteiger partial charge in [0.25, 0.3) is 0 Å². The molecule has 0 bridgehead atoms. The van der Waals surface area contributed by atoms with Crippen LogP contribution in [0.5, 0.6) is 0 Å². The van der Waals surface area contributed by atoms with Crippen LogP contribution in [0.1, 0.15) is 128 Å². The first kappa shape index (κ1) is 33.6. The Balaban J connectivity index is 0.000000221. The lowest BCUT2D eigenvalue weighted by Crippen LogP contribution is -2.33. The van der Waals surface area contributed by atoms with E-state index >= 15 is 0 Å². The molecule has 1 N–H and O–H groups in total. The van der Waals surface area contributed by atoms with Crippen molar-refractivity contribution in [1.29, 1.82) is 0 Å². The monoisotopic (exact) mass is 592 g/mol. The fourth-order valence-corrected chi connectivity index (χ4v) is 7.87. The summed E-state index contributed by atoms with van der Waals surface area (Å²) >= 11 is 14.9. The second kappa shape index (κ2) is 18.7. The standard InChI is InChI=1S/C14H23ClO.C14H24O2.C2Cl2O2/c2*15-14(16)13(11-7-3-1-4-8-11)12-9-5-2-6-10-12;3-1(5)2(4)6/h11-13H,1-10H2;11-13H,1-10H2,(H,15,16);. The van der Waals surface area contributed by atoms with Crippen LogP contribution < -0.4 is 0 Å². The van der Waals surface area contributed by atoms with Gasteiger partial charge >= 0.3 is 16.5 Å². The summed E-state index contributed by atoms with van der Waals surface area (Å²) in [5.41, 5.74) is 0. The van der Waals surface area contributed by atoms with Gasteiger partial charge in [-0.1, -0.05) is 77.0 Å². The van der Waals surface area contributed by atoms with Gasteiger partial charge in [-0.15, -0.1) is 0 Å². The number of hydrogen-bond donors (Lipinski definition) is 1. The first-order valence-electron chi connectivity index (χ1n) is 15.0. The summed E-state index contributed by atoms with van der Waals surface area (Å²) in [4.78, 5) is 42.1. The number of hydrogen-bond acceptors (Lipinski definition) is 4. The molecule has 8 heteroatoms. The van der Waals surface area contributed by atoms with Crippen molar-refractivity contribution < 1.29 is 24.3 Å². The molecular formula is C30H47Cl3O5. The van der Waals surface area contributed by atoms with Crippen LogP contribution in [-0.2, 0) is 19.2 Å². The highest BCUT2D eigenvalue weighted by Gasteiger charge is 2.37. The SMILES string of the molecule is O=C(Cl)C(=O)Cl.O=C(Cl)C(C1CCCCC1)C1CCCCC1.O=C(O)C(C1CCCCC1)C1CCCCC1. The van der Waals surface area contributed by atoms with E-state index in [2.05, 4.69) is 23.2 Å². The Morgan fingerprint density at radius 3 is 0.868 bits per heavy atom. The van der Waals surface area contributed by atoms with Gasteiger partial charge in [0.05, 0.1) is 5.92 Å². The Labute approximate surface area is 244 Å². The molecule has 0 radical (unpaired) electrons. The molecular weight excluding hydrogens is 547 g/mol. The van der Waals surface area contributed by atoms with Crippen molar-refractivity contribution >= 4 is 56.5 Å². The normalized spacial score (nSPS) is 22.1. The third-order valence-electron chi connectivity index (χ3n) is 9.33. The molecule has 4 aliphatic carbocycles. The summed E-state index contributed by atoms with van der Waals surface area (Å²) < 4.78 is 0. The smallest absolute Gasteiger partial charge is 0.307 e. The number of rotatable bonds is 7. The van der Waals surface area contributed by atoms with Crippen LogP contribution in [0.3, 0.4) is 0 Å². The molecule has 0 atom stereocenters. The number of carbonyl (C=O) groups is 4. The summed E-state index contributed by atoms with van der Waals surface area (Å²) in [5.74, 6) is 1.80. The molecule has 0 spiro atoms. The average Bonchev–Trinajstić information content (AvgIpc) is 2.92. The first-order chi connectivity index (χ1) is 18.2. The van der Waals surface area contributed by atoms with Crippen molar-refractivity contribution in [1.82, 2.24) is 0 Å². The minimum atomic E-state index is -1.14. The summed E-state index contributed by atoms with van der Waals surface area (Å²) in [5, 5.41) is 7.15. The van der Waals surface area contributed by atoms with Crippen LogP contribution in [0.2, 0.25) is 0 Å². The molecule has 0 saturated heterocycles. The van der Waals surface area contributed by atoms with E-state index in [1.54, 1.807) is 0 Å². The zero-order chi connectivity index (χ0) is 27.9. The van der Waals surface area contributed by atoms with E-state index in [0.29, 0.717) is 23.7 Å². The minimum absolute atomic E-state index is 0.0272. The predicted molar refractivity (Wildman–Crippen MR) is 153 cm³/mol. The number of halogens is 3. The second-order valence-corrected chi connectivity index (χ2v) is 12.9. The lowest BCUT2D eigenvalue weighted by Gasteiger charge is -2.35. The molecule has 0 aromatic carbocycles. The van der Waals surface area contributed by atoms with Gasteiger partial charge in [-0.05, 0) is 110 Å². The van der Waals surface area contributed by atoms with E-state index in [1.807, 2.05) is 0 Å². The molecule has 0 aromatic heterocycles. The molecule has 38 heavy (non-hydrogen) atoms. The van der Waals surface area contributed by atoms with Gasteiger partial charge < -0.3 is 5.11 Å². The van der Waals surface area contributed by atoms with Gasteiger partial charge in [-0.3, -0.25) is 19.2 Å². The molecule has 0 unspecified atom stereocenters. The van der Waals surface area contributed by atoms with Gasteiger partial charge in [0, 0.05) is 5.92 Å².